The van der Waals surface area contributed by atoms with Crippen molar-refractivity contribution in [1.29, 1.82) is 5.26 Å². The third-order valence-corrected chi connectivity index (χ3v) is 6.28. The van der Waals surface area contributed by atoms with E-state index in [-0.39, 0.29) is 17.6 Å². The molecule has 1 atom stereocenters. The number of nitrogens with zero attached hydrogens (tertiary/aromatic N) is 2. The van der Waals surface area contributed by atoms with Crippen LogP contribution in [0.1, 0.15) is 43.7 Å². The number of ether oxygens (including phenoxy) is 2. The van der Waals surface area contributed by atoms with Crippen LogP contribution < -0.4 is 10.1 Å². The molecule has 1 aromatic carbocycles. The van der Waals surface area contributed by atoms with Crippen LogP contribution in [0.3, 0.4) is 0 Å². The Balaban J connectivity index is 1.50. The van der Waals surface area contributed by atoms with Crippen molar-refractivity contribution in [2.45, 2.75) is 43.7 Å². The summed E-state index contributed by atoms with van der Waals surface area (Å²) in [5.41, 5.74) is -0.0320. The molecule has 0 bridgehead atoms. The minimum atomic E-state index is -0.802. The zero-order valence-corrected chi connectivity index (χ0v) is 15.9. The predicted octanol–water partition coefficient (Wildman–Crippen LogP) is 2.41. The van der Waals surface area contributed by atoms with Gasteiger partial charge >= 0.3 is 0 Å². The summed E-state index contributed by atoms with van der Waals surface area (Å²) in [7, 11) is 1.73. The minimum absolute atomic E-state index is 0.0983. The van der Waals surface area contributed by atoms with Crippen molar-refractivity contribution >= 4 is 5.91 Å². The molecule has 27 heavy (non-hydrogen) atoms. The molecule has 2 heterocycles. The second-order valence-corrected chi connectivity index (χ2v) is 8.08. The van der Waals surface area contributed by atoms with E-state index in [1.54, 1.807) is 7.11 Å². The molecule has 144 valence electrons. The molecule has 6 nitrogen and oxygen atoms in total. The summed E-state index contributed by atoms with van der Waals surface area (Å²) in [5, 5.41) is 12.5. The van der Waals surface area contributed by atoms with E-state index in [1.807, 2.05) is 24.3 Å². The van der Waals surface area contributed by atoms with E-state index < -0.39 is 5.41 Å². The maximum absolute atomic E-state index is 12.7. The van der Waals surface area contributed by atoms with Gasteiger partial charge in [0.2, 0.25) is 5.91 Å². The van der Waals surface area contributed by atoms with E-state index >= 15 is 0 Å². The summed E-state index contributed by atoms with van der Waals surface area (Å²) in [6.45, 7) is 3.61. The minimum Gasteiger partial charge on any atom is -0.487 e. The van der Waals surface area contributed by atoms with E-state index in [4.69, 9.17) is 9.47 Å². The van der Waals surface area contributed by atoms with Gasteiger partial charge in [-0.3, -0.25) is 4.79 Å². The molecule has 6 heteroatoms. The van der Waals surface area contributed by atoms with Gasteiger partial charge in [0.25, 0.3) is 0 Å². The maximum Gasteiger partial charge on any atom is 0.240 e. The molecular weight excluding hydrogens is 342 g/mol. The lowest BCUT2D eigenvalue weighted by Crippen LogP contribution is -2.53. The Kier molecular flexibility index (Phi) is 4.83. The van der Waals surface area contributed by atoms with Crippen LogP contribution in [0.4, 0.5) is 0 Å². The summed E-state index contributed by atoms with van der Waals surface area (Å²) in [5.74, 6) is 0.737. The average Bonchev–Trinajstić information content (AvgIpc) is 3.49. The van der Waals surface area contributed by atoms with Crippen molar-refractivity contribution in [3.8, 4) is 11.8 Å². The summed E-state index contributed by atoms with van der Waals surface area (Å²) in [4.78, 5) is 15.1. The van der Waals surface area contributed by atoms with Gasteiger partial charge in [0, 0.05) is 38.7 Å². The zero-order valence-electron chi connectivity index (χ0n) is 15.9. The smallest absolute Gasteiger partial charge is 0.240 e. The number of hydrogen-bond donors (Lipinski definition) is 1. The molecule has 1 amide bonds. The topological polar surface area (TPSA) is 74.6 Å². The number of nitrogens with one attached hydrogen (secondary N) is 1. The highest BCUT2D eigenvalue weighted by Gasteiger charge is 2.52. The van der Waals surface area contributed by atoms with Gasteiger partial charge in [0.1, 0.15) is 16.8 Å². The molecule has 1 unspecified atom stereocenters. The van der Waals surface area contributed by atoms with E-state index in [2.05, 4.69) is 16.3 Å². The van der Waals surface area contributed by atoms with Gasteiger partial charge in [-0.15, -0.1) is 0 Å². The third kappa shape index (κ3) is 3.54. The fraction of sp³-hybridized carbons (Fsp3) is 0.619. The summed E-state index contributed by atoms with van der Waals surface area (Å²) >= 11 is 0. The Hall–Kier alpha value is -2.10. The van der Waals surface area contributed by atoms with E-state index in [9.17, 15) is 10.1 Å². The van der Waals surface area contributed by atoms with Crippen LogP contribution in [-0.2, 0) is 9.53 Å². The number of rotatable bonds is 5. The second kappa shape index (κ2) is 7.14. The van der Waals surface area contributed by atoms with Gasteiger partial charge in [-0.1, -0.05) is 18.2 Å². The van der Waals surface area contributed by atoms with Gasteiger partial charge in [-0.2, -0.15) is 5.26 Å². The molecule has 4 rings (SSSR count). The van der Waals surface area contributed by atoms with Gasteiger partial charge in [0.05, 0.1) is 18.7 Å². The number of para-hydroxylation sites is 1. The van der Waals surface area contributed by atoms with Crippen LogP contribution in [0.5, 0.6) is 5.75 Å². The molecule has 2 fully saturated rings. The molecule has 1 aliphatic carbocycles. The Morgan fingerprint density at radius 2 is 2.07 bits per heavy atom. The monoisotopic (exact) mass is 369 g/mol. The molecule has 1 N–H and O–H groups in total. The molecule has 1 saturated carbocycles. The highest BCUT2D eigenvalue weighted by molar-refractivity contribution is 5.88. The standard InChI is InChI=1S/C21H27N3O3/c1-26-13-12-24-10-8-21(9-11-24)14-17(16-4-2-3-5-18(16)27-21)23-19(25)20(15-22)6-7-20/h2-5,17H,6-14H2,1H3,(H,23,25). The second-order valence-electron chi connectivity index (χ2n) is 8.08. The number of nitriles is 1. The van der Waals surface area contributed by atoms with E-state index in [1.165, 1.54) is 0 Å². The highest BCUT2D eigenvalue weighted by Crippen LogP contribution is 2.48. The van der Waals surface area contributed by atoms with Crippen LogP contribution in [0.2, 0.25) is 0 Å². The van der Waals surface area contributed by atoms with Crippen molar-refractivity contribution in [3.05, 3.63) is 29.8 Å². The summed E-state index contributed by atoms with van der Waals surface area (Å²) in [6, 6.07) is 10.1. The molecule has 0 aromatic heterocycles. The predicted molar refractivity (Wildman–Crippen MR) is 100 cm³/mol. The molecular formula is C21H27N3O3. The quantitative estimate of drug-likeness (QED) is 0.863. The lowest BCUT2D eigenvalue weighted by Gasteiger charge is -2.47. The van der Waals surface area contributed by atoms with E-state index in [0.717, 1.165) is 56.8 Å². The molecule has 1 saturated heterocycles. The zero-order chi connectivity index (χ0) is 18.9. The van der Waals surface area contributed by atoms with Crippen molar-refractivity contribution in [1.82, 2.24) is 10.2 Å². The summed E-state index contributed by atoms with van der Waals surface area (Å²) < 4.78 is 11.7. The number of carbonyl (C=O) groups excluding carboxylic acids is 1. The summed E-state index contributed by atoms with van der Waals surface area (Å²) in [6.07, 6.45) is 3.95. The van der Waals surface area contributed by atoms with Crippen molar-refractivity contribution in [2.24, 2.45) is 5.41 Å². The van der Waals surface area contributed by atoms with Crippen LogP contribution >= 0.6 is 0 Å². The Morgan fingerprint density at radius 1 is 1.33 bits per heavy atom. The van der Waals surface area contributed by atoms with Gasteiger partial charge in [0.15, 0.2) is 0 Å². The van der Waals surface area contributed by atoms with Crippen molar-refractivity contribution in [3.63, 3.8) is 0 Å². The van der Waals surface area contributed by atoms with Gasteiger partial charge in [-0.05, 0) is 31.7 Å². The first kappa shape index (κ1) is 18.3. The molecule has 0 radical (unpaired) electrons. The lowest BCUT2D eigenvalue weighted by atomic mass is 9.80. The Morgan fingerprint density at radius 3 is 2.74 bits per heavy atom. The Bertz CT molecular complexity index is 745. The van der Waals surface area contributed by atoms with Crippen LogP contribution in [0.15, 0.2) is 24.3 Å². The first-order chi connectivity index (χ1) is 13.1. The van der Waals surface area contributed by atoms with Gasteiger partial charge in [-0.25, -0.2) is 0 Å². The first-order valence-electron chi connectivity index (χ1n) is 9.81. The van der Waals surface area contributed by atoms with Crippen LogP contribution in [-0.4, -0.2) is 49.8 Å². The number of methoxy groups -OCH3 is 1. The van der Waals surface area contributed by atoms with Gasteiger partial charge < -0.3 is 19.7 Å². The molecule has 1 aromatic rings. The number of piperidine rings is 1. The molecule has 3 aliphatic rings. The maximum atomic E-state index is 12.7. The number of carbonyl (C=O) groups is 1. The number of hydrogen-bond acceptors (Lipinski definition) is 5. The average molecular weight is 369 g/mol. The number of likely N-dealkylation sites (tertiary alicyclic amines) is 1. The number of benzene rings is 1. The Labute approximate surface area is 160 Å². The number of amides is 1. The molecule has 2 aliphatic heterocycles. The van der Waals surface area contributed by atoms with Crippen molar-refractivity contribution in [2.75, 3.05) is 33.4 Å². The van der Waals surface area contributed by atoms with Crippen LogP contribution in [0.25, 0.3) is 0 Å². The van der Waals surface area contributed by atoms with Crippen molar-refractivity contribution < 1.29 is 14.3 Å². The highest BCUT2D eigenvalue weighted by atomic mass is 16.5. The SMILES string of the molecule is COCCN1CCC2(CC1)CC(NC(=O)C1(C#N)CC1)c1ccccc1O2. The van der Waals surface area contributed by atoms with E-state index in [0.29, 0.717) is 12.8 Å². The fourth-order valence-corrected chi connectivity index (χ4v) is 4.27. The number of fused-ring (bicyclic) bond motifs is 1. The normalized spacial score (nSPS) is 25.1. The molecule has 1 spiro atoms. The van der Waals surface area contributed by atoms with Crippen LogP contribution in [0, 0.1) is 16.7 Å². The third-order valence-electron chi connectivity index (χ3n) is 6.28. The first-order valence-corrected chi connectivity index (χ1v) is 9.81. The fourth-order valence-electron chi connectivity index (χ4n) is 4.27. The largest absolute Gasteiger partial charge is 0.487 e. The lowest BCUT2D eigenvalue weighted by molar-refractivity contribution is -0.126.